The minimum atomic E-state index is -0.765. The normalized spacial score (nSPS) is 13.2. The van der Waals surface area contributed by atoms with Gasteiger partial charge in [-0.2, -0.15) is 0 Å². The molecular weight excluding hydrogens is 508 g/mol. The summed E-state index contributed by atoms with van der Waals surface area (Å²) < 4.78 is 6.67. The molecule has 0 fully saturated rings. The molecule has 0 aliphatic heterocycles. The summed E-state index contributed by atoms with van der Waals surface area (Å²) in [5.41, 5.74) is 6.40. The van der Waals surface area contributed by atoms with Crippen molar-refractivity contribution in [2.75, 3.05) is 40.9 Å². The number of likely N-dealkylation sites (N-methyl/N-ethyl adjacent to an activating group) is 3. The number of thiophene rings is 2. The second kappa shape index (κ2) is 12.6. The lowest BCUT2D eigenvalue weighted by Crippen LogP contribution is -2.51. The molecule has 0 saturated carbocycles. The highest BCUT2D eigenvalue weighted by molar-refractivity contribution is 7.17. The lowest BCUT2D eigenvalue weighted by molar-refractivity contribution is -0.146. The maximum atomic E-state index is 13.8. The number of nitrogens with one attached hydrogen (secondary N) is 1. The first-order valence-electron chi connectivity index (χ1n) is 12.1. The standard InChI is InChI=1S/C27H36N4O4S2/c1-27(2,28)17-35-15-24(32)31(5)21(13-18-16-37-22-10-7-6-9-19(18)22)26(34)30(4)14-20(25(33)29-3)23-11-8-12-36-23/h6-12,16,20-21H,13-15,17,28H2,1-5H3,(H,29,33)/t20?,21-/m1/s1. The second-order valence-electron chi connectivity index (χ2n) is 9.86. The Hall–Kier alpha value is -2.79. The summed E-state index contributed by atoms with van der Waals surface area (Å²) in [6.45, 7) is 3.88. The quantitative estimate of drug-likeness (QED) is 0.365. The number of carbonyl (C=O) groups is 3. The van der Waals surface area contributed by atoms with Crippen molar-refractivity contribution in [2.24, 2.45) is 5.73 Å². The van der Waals surface area contributed by atoms with Crippen molar-refractivity contribution in [3.8, 4) is 0 Å². The van der Waals surface area contributed by atoms with E-state index in [2.05, 4.69) is 5.32 Å². The Labute approximate surface area is 226 Å². The molecule has 0 aliphatic carbocycles. The van der Waals surface area contributed by atoms with Crippen LogP contribution in [0.15, 0.2) is 47.2 Å². The van der Waals surface area contributed by atoms with E-state index in [4.69, 9.17) is 10.5 Å². The molecule has 3 N–H and O–H groups in total. The van der Waals surface area contributed by atoms with Gasteiger partial charge in [-0.15, -0.1) is 22.7 Å². The molecule has 8 nitrogen and oxygen atoms in total. The Morgan fingerprint density at radius 3 is 2.49 bits per heavy atom. The van der Waals surface area contributed by atoms with E-state index in [1.54, 1.807) is 37.4 Å². The predicted octanol–water partition coefficient (Wildman–Crippen LogP) is 3.07. The van der Waals surface area contributed by atoms with Crippen LogP contribution in [0.2, 0.25) is 0 Å². The van der Waals surface area contributed by atoms with Gasteiger partial charge in [-0.1, -0.05) is 24.3 Å². The monoisotopic (exact) mass is 544 g/mol. The molecule has 0 spiro atoms. The molecular formula is C27H36N4O4S2. The van der Waals surface area contributed by atoms with Gasteiger partial charge in [0.05, 0.1) is 12.5 Å². The lowest BCUT2D eigenvalue weighted by Gasteiger charge is -2.32. The van der Waals surface area contributed by atoms with Crippen LogP contribution in [-0.4, -0.2) is 80.0 Å². The van der Waals surface area contributed by atoms with Gasteiger partial charge in [0.1, 0.15) is 12.6 Å². The highest BCUT2D eigenvalue weighted by atomic mass is 32.1. The summed E-state index contributed by atoms with van der Waals surface area (Å²) in [6, 6.07) is 11.0. The Balaban J connectivity index is 1.84. The Bertz CT molecular complexity index is 1200. The number of benzene rings is 1. The number of nitrogens with zero attached hydrogens (tertiary/aromatic N) is 2. The molecule has 3 aromatic rings. The van der Waals surface area contributed by atoms with E-state index < -0.39 is 17.5 Å². The summed E-state index contributed by atoms with van der Waals surface area (Å²) in [5, 5.41) is 7.71. The Morgan fingerprint density at radius 1 is 1.11 bits per heavy atom. The number of carbonyl (C=O) groups excluding carboxylic acids is 3. The van der Waals surface area contributed by atoms with Crippen LogP contribution in [-0.2, 0) is 25.5 Å². The lowest BCUT2D eigenvalue weighted by atomic mass is 10.0. The van der Waals surface area contributed by atoms with E-state index in [0.717, 1.165) is 20.5 Å². The molecule has 3 amide bonds. The maximum absolute atomic E-state index is 13.8. The van der Waals surface area contributed by atoms with Gasteiger partial charge in [0.15, 0.2) is 0 Å². The molecule has 0 aliphatic rings. The van der Waals surface area contributed by atoms with Crippen molar-refractivity contribution in [1.82, 2.24) is 15.1 Å². The Kier molecular flexibility index (Phi) is 9.83. The van der Waals surface area contributed by atoms with Crippen LogP contribution in [0.3, 0.4) is 0 Å². The van der Waals surface area contributed by atoms with Crippen LogP contribution in [0.4, 0.5) is 0 Å². The first kappa shape index (κ1) is 28.8. The van der Waals surface area contributed by atoms with Crippen molar-refractivity contribution in [1.29, 1.82) is 0 Å². The van der Waals surface area contributed by atoms with E-state index in [0.29, 0.717) is 6.42 Å². The van der Waals surface area contributed by atoms with Crippen LogP contribution < -0.4 is 11.1 Å². The summed E-state index contributed by atoms with van der Waals surface area (Å²) in [7, 11) is 4.89. The van der Waals surface area contributed by atoms with Gasteiger partial charge in [-0.25, -0.2) is 0 Å². The fourth-order valence-electron chi connectivity index (χ4n) is 4.05. The van der Waals surface area contributed by atoms with Crippen molar-refractivity contribution in [3.63, 3.8) is 0 Å². The second-order valence-corrected chi connectivity index (χ2v) is 11.8. The van der Waals surface area contributed by atoms with Crippen LogP contribution in [0.25, 0.3) is 10.1 Å². The third-order valence-corrected chi connectivity index (χ3v) is 8.10. The highest BCUT2D eigenvalue weighted by Gasteiger charge is 2.33. The number of amides is 3. The predicted molar refractivity (Wildman–Crippen MR) is 150 cm³/mol. The topological polar surface area (TPSA) is 105 Å². The zero-order valence-corrected chi connectivity index (χ0v) is 23.7. The average Bonchev–Trinajstić information content (AvgIpc) is 3.54. The van der Waals surface area contributed by atoms with Crippen LogP contribution in [0.1, 0.15) is 30.2 Å². The molecule has 37 heavy (non-hydrogen) atoms. The van der Waals surface area contributed by atoms with Gasteiger partial charge < -0.3 is 25.6 Å². The van der Waals surface area contributed by atoms with E-state index in [9.17, 15) is 14.4 Å². The molecule has 10 heteroatoms. The smallest absolute Gasteiger partial charge is 0.249 e. The summed E-state index contributed by atoms with van der Waals surface area (Å²) in [6.07, 6.45) is 0.349. The number of fused-ring (bicyclic) bond motifs is 1. The Morgan fingerprint density at radius 2 is 1.84 bits per heavy atom. The van der Waals surface area contributed by atoms with Crippen LogP contribution in [0, 0.1) is 0 Å². The summed E-state index contributed by atoms with van der Waals surface area (Å²) in [4.78, 5) is 43.5. The maximum Gasteiger partial charge on any atom is 0.249 e. The average molecular weight is 545 g/mol. The van der Waals surface area contributed by atoms with Crippen molar-refractivity contribution in [2.45, 2.75) is 37.8 Å². The minimum Gasteiger partial charge on any atom is -0.370 e. The van der Waals surface area contributed by atoms with Crippen molar-refractivity contribution < 1.29 is 19.1 Å². The minimum absolute atomic E-state index is 0.162. The summed E-state index contributed by atoms with van der Waals surface area (Å²) in [5.74, 6) is -1.21. The van der Waals surface area contributed by atoms with Gasteiger partial charge in [0.25, 0.3) is 0 Å². The van der Waals surface area contributed by atoms with Gasteiger partial charge in [0.2, 0.25) is 17.7 Å². The van der Waals surface area contributed by atoms with Gasteiger partial charge in [-0.3, -0.25) is 14.4 Å². The van der Waals surface area contributed by atoms with E-state index in [1.807, 2.05) is 61.0 Å². The fourth-order valence-corrected chi connectivity index (χ4v) is 5.84. The number of hydrogen-bond donors (Lipinski definition) is 2. The number of hydrogen-bond acceptors (Lipinski definition) is 7. The van der Waals surface area contributed by atoms with Crippen LogP contribution >= 0.6 is 22.7 Å². The van der Waals surface area contributed by atoms with Crippen molar-refractivity contribution in [3.05, 3.63) is 57.6 Å². The molecule has 0 saturated heterocycles. The first-order chi connectivity index (χ1) is 17.5. The number of rotatable bonds is 12. The molecule has 1 aromatic carbocycles. The largest absolute Gasteiger partial charge is 0.370 e. The molecule has 3 rings (SSSR count). The molecule has 1 unspecified atom stereocenters. The molecule has 2 heterocycles. The molecule has 0 bridgehead atoms. The zero-order valence-electron chi connectivity index (χ0n) is 22.0. The van der Waals surface area contributed by atoms with E-state index in [-0.39, 0.29) is 37.5 Å². The van der Waals surface area contributed by atoms with Gasteiger partial charge in [-0.05, 0) is 47.7 Å². The molecule has 2 atom stereocenters. The highest BCUT2D eigenvalue weighted by Crippen LogP contribution is 2.28. The van der Waals surface area contributed by atoms with E-state index in [1.165, 1.54) is 16.2 Å². The number of nitrogens with two attached hydrogens (primary N) is 1. The molecule has 200 valence electrons. The summed E-state index contributed by atoms with van der Waals surface area (Å²) >= 11 is 3.09. The molecule has 0 radical (unpaired) electrons. The number of ether oxygens (including phenoxy) is 1. The third-order valence-electron chi connectivity index (χ3n) is 6.10. The fraction of sp³-hybridized carbons (Fsp3) is 0.444. The van der Waals surface area contributed by atoms with Crippen LogP contribution in [0.5, 0.6) is 0 Å². The van der Waals surface area contributed by atoms with Gasteiger partial charge in [0, 0.05) is 49.2 Å². The van der Waals surface area contributed by atoms with E-state index >= 15 is 0 Å². The SMILES string of the molecule is CNC(=O)C(CN(C)C(=O)[C@@H](Cc1csc2ccccc12)N(C)C(=O)COCC(C)(C)N)c1cccs1. The van der Waals surface area contributed by atoms with Crippen molar-refractivity contribution >= 4 is 50.5 Å². The first-order valence-corrected chi connectivity index (χ1v) is 13.8. The zero-order chi connectivity index (χ0) is 27.2. The molecule has 2 aromatic heterocycles. The van der Waals surface area contributed by atoms with Gasteiger partial charge >= 0.3 is 0 Å². The third kappa shape index (κ3) is 7.61.